The van der Waals surface area contributed by atoms with Crippen molar-refractivity contribution in [1.82, 2.24) is 0 Å². The van der Waals surface area contributed by atoms with E-state index in [1.54, 1.807) is 33.4 Å². The molecule has 2 unspecified atom stereocenters. The molecule has 0 nitrogen and oxygen atoms in total. The van der Waals surface area contributed by atoms with Crippen LogP contribution in [0.25, 0.3) is 12.2 Å². The molecule has 0 saturated carbocycles. The number of hydrogen-bond donors (Lipinski definition) is 0. The van der Waals surface area contributed by atoms with E-state index in [1.807, 2.05) is 11.1 Å². The number of aryl methyl sites for hydroxylation is 2. The van der Waals surface area contributed by atoms with E-state index in [1.165, 1.54) is 12.8 Å². The topological polar surface area (TPSA) is 0 Å². The van der Waals surface area contributed by atoms with E-state index in [-0.39, 0.29) is 4.53 Å². The molecule has 1 saturated heterocycles. The zero-order chi connectivity index (χ0) is 22.7. The molecule has 2 aliphatic carbocycles. The fourth-order valence-corrected chi connectivity index (χ4v) is 278. The molecular formula is C28H40HfSi3. The van der Waals surface area contributed by atoms with Crippen LogP contribution in [0.4, 0.5) is 0 Å². The van der Waals surface area contributed by atoms with E-state index in [0.29, 0.717) is 17.1 Å². The summed E-state index contributed by atoms with van der Waals surface area (Å²) in [7, 11) is 0.691. The third-order valence-electron chi connectivity index (χ3n) is 9.45. The van der Waals surface area contributed by atoms with Gasteiger partial charge in [-0.1, -0.05) is 0 Å². The molecule has 168 valence electrons. The van der Waals surface area contributed by atoms with Crippen LogP contribution < -0.4 is 0 Å². The van der Waals surface area contributed by atoms with Crippen molar-refractivity contribution in [1.29, 1.82) is 0 Å². The van der Waals surface area contributed by atoms with Crippen LogP contribution in [0.3, 0.4) is 0 Å². The van der Waals surface area contributed by atoms with Crippen LogP contribution in [0.2, 0.25) is 9.36 Å². The molecule has 4 heteroatoms. The minimum absolute atomic E-state index is 0.0232. The van der Waals surface area contributed by atoms with E-state index in [9.17, 15) is 0 Å². The standard InChI is InChI=1S/2C13H15.2CH3.Hf.H4Si3/c2*1-3-10-8-12-7-5-6-11(4-2)13(12)9-10;;;;1-2-3-1/h2*5-9H,3-4H2,1-2H3;2*1H3;;1-2H2. The zero-order valence-electron chi connectivity index (χ0n) is 21.0. The first-order valence-electron chi connectivity index (χ1n) is 13.1. The van der Waals surface area contributed by atoms with Gasteiger partial charge >= 0.3 is 202 Å². The molecule has 0 radical (unpaired) electrons. The van der Waals surface area contributed by atoms with Crippen LogP contribution in [-0.2, 0) is 30.0 Å². The third kappa shape index (κ3) is 3.19. The quantitative estimate of drug-likeness (QED) is 0.329. The fraction of sp³-hybridized carbons (Fsp3) is 0.429. The summed E-state index contributed by atoms with van der Waals surface area (Å²) >= 11 is -3.37. The molecule has 3 aliphatic rings. The van der Waals surface area contributed by atoms with Crippen molar-refractivity contribution >= 4 is 33.8 Å². The Balaban J connectivity index is 1.82. The maximum absolute atomic E-state index is 3.37. The van der Waals surface area contributed by atoms with E-state index in [0.717, 1.165) is 20.2 Å². The van der Waals surface area contributed by atoms with Gasteiger partial charge in [0.05, 0.1) is 0 Å². The van der Waals surface area contributed by atoms with Crippen molar-refractivity contribution in [2.75, 3.05) is 0 Å². The molecule has 2 atom stereocenters. The predicted octanol–water partition coefficient (Wildman–Crippen LogP) is 6.24. The third-order valence-corrected chi connectivity index (χ3v) is 174. The summed E-state index contributed by atoms with van der Waals surface area (Å²) < 4.78 is 7.71. The summed E-state index contributed by atoms with van der Waals surface area (Å²) in [6.07, 6.45) is 10.2. The molecule has 5 rings (SSSR count). The Morgan fingerprint density at radius 1 is 0.688 bits per heavy atom. The van der Waals surface area contributed by atoms with Gasteiger partial charge in [-0.3, -0.25) is 0 Å². The van der Waals surface area contributed by atoms with Gasteiger partial charge in [0.25, 0.3) is 0 Å². The van der Waals surface area contributed by atoms with Crippen LogP contribution in [-0.4, -0.2) is 21.6 Å². The molecule has 1 heterocycles. The van der Waals surface area contributed by atoms with Crippen LogP contribution in [0.15, 0.2) is 47.5 Å². The average molecular weight is 639 g/mol. The van der Waals surface area contributed by atoms with Gasteiger partial charge in [-0.25, -0.2) is 0 Å². The summed E-state index contributed by atoms with van der Waals surface area (Å²) in [4.78, 5) is 0. The molecule has 1 aliphatic heterocycles. The summed E-state index contributed by atoms with van der Waals surface area (Å²) in [6, 6.07) is 14.7. The fourth-order valence-electron chi connectivity index (χ4n) is 7.81. The van der Waals surface area contributed by atoms with Gasteiger partial charge in [0.1, 0.15) is 0 Å². The number of benzene rings is 2. The number of fused-ring (bicyclic) bond motifs is 2. The van der Waals surface area contributed by atoms with Crippen LogP contribution in [0, 0.1) is 0 Å². The Labute approximate surface area is 200 Å². The first-order valence-corrected chi connectivity index (χ1v) is 40.0. The van der Waals surface area contributed by atoms with Crippen LogP contribution in [0.1, 0.15) is 81.3 Å². The zero-order valence-corrected chi connectivity index (χ0v) is 28.4. The molecule has 2 aromatic rings. The Morgan fingerprint density at radius 2 is 1.12 bits per heavy atom. The Bertz CT molecular complexity index is 1150. The van der Waals surface area contributed by atoms with Gasteiger partial charge in [-0.2, -0.15) is 0 Å². The molecule has 2 aromatic carbocycles. The molecule has 0 aromatic heterocycles. The van der Waals surface area contributed by atoms with Gasteiger partial charge in [0, 0.05) is 0 Å². The molecule has 0 spiro atoms. The van der Waals surface area contributed by atoms with E-state index in [4.69, 9.17) is 0 Å². The first-order chi connectivity index (χ1) is 15.4. The van der Waals surface area contributed by atoms with Crippen molar-refractivity contribution in [3.8, 4) is 0 Å². The second-order valence-electron chi connectivity index (χ2n) is 11.3. The van der Waals surface area contributed by atoms with E-state index < -0.39 is 17.1 Å². The van der Waals surface area contributed by atoms with E-state index in [2.05, 4.69) is 85.6 Å². The van der Waals surface area contributed by atoms with Gasteiger partial charge in [-0.05, 0) is 0 Å². The van der Waals surface area contributed by atoms with E-state index >= 15 is 0 Å². The SMILES string of the molecule is CCC1=Cc2c(CC)cccc2[CH]1[Hf]([CH3])([CH3])([CH]1C(CC)=Cc2c(CC)cccc21)=[Si]1[SiH2][SiH2]1. The van der Waals surface area contributed by atoms with Crippen LogP contribution in [0.5, 0.6) is 0 Å². The second-order valence-corrected chi connectivity index (χ2v) is 92.3. The molecule has 0 amide bonds. The predicted molar refractivity (Wildman–Crippen MR) is 148 cm³/mol. The van der Waals surface area contributed by atoms with Crippen molar-refractivity contribution < 1.29 is 17.1 Å². The average Bonchev–Trinajstić information content (AvgIpc) is 3.49. The molecule has 32 heavy (non-hydrogen) atoms. The van der Waals surface area contributed by atoms with Crippen molar-refractivity contribution in [2.24, 2.45) is 0 Å². The summed E-state index contributed by atoms with van der Waals surface area (Å²) in [5, 5.41) is 0. The number of rotatable bonds is 6. The molecule has 1 fully saturated rings. The van der Waals surface area contributed by atoms with Crippen molar-refractivity contribution in [3.05, 3.63) is 80.9 Å². The monoisotopic (exact) mass is 640 g/mol. The van der Waals surface area contributed by atoms with Crippen LogP contribution >= 0.6 is 0 Å². The second kappa shape index (κ2) is 8.28. The summed E-state index contributed by atoms with van der Waals surface area (Å²) in [6.45, 7) is 9.58. The number of hydrogen-bond acceptors (Lipinski definition) is 0. The maximum atomic E-state index is 3.02. The van der Waals surface area contributed by atoms with Gasteiger partial charge in [0.2, 0.25) is 0 Å². The van der Waals surface area contributed by atoms with Gasteiger partial charge in [-0.15, -0.1) is 0 Å². The molecular weight excluding hydrogens is 599 g/mol. The number of allylic oxidation sites excluding steroid dienone is 2. The summed E-state index contributed by atoms with van der Waals surface area (Å²) in [5.74, 6) is 0. The molecule has 0 bridgehead atoms. The summed E-state index contributed by atoms with van der Waals surface area (Å²) in [5.41, 5.74) is 13.6. The normalized spacial score (nSPS) is 23.4. The van der Waals surface area contributed by atoms with Crippen molar-refractivity contribution in [3.63, 3.8) is 0 Å². The van der Waals surface area contributed by atoms with Gasteiger partial charge in [0.15, 0.2) is 0 Å². The minimum atomic E-state index is -3.37. The Kier molecular flexibility index (Phi) is 6.00. The Morgan fingerprint density at radius 3 is 1.47 bits per heavy atom. The first kappa shape index (κ1) is 23.2. The Hall–Kier alpha value is -0.559. The van der Waals surface area contributed by atoms with Crippen molar-refractivity contribution in [2.45, 2.75) is 70.1 Å². The van der Waals surface area contributed by atoms with Gasteiger partial charge < -0.3 is 0 Å². The molecule has 0 N–H and O–H groups in total.